The van der Waals surface area contributed by atoms with E-state index in [0.29, 0.717) is 11.4 Å². The summed E-state index contributed by atoms with van der Waals surface area (Å²) in [5, 5.41) is 17.9. The zero-order chi connectivity index (χ0) is 20.8. The molecule has 0 saturated heterocycles. The summed E-state index contributed by atoms with van der Waals surface area (Å²) < 4.78 is 12.1. The van der Waals surface area contributed by atoms with Gasteiger partial charge in [-0.3, -0.25) is 14.9 Å². The van der Waals surface area contributed by atoms with Crippen LogP contribution in [0.25, 0.3) is 0 Å². The molecule has 1 aromatic heterocycles. The summed E-state index contributed by atoms with van der Waals surface area (Å²) in [5.74, 6) is 0.309. The van der Waals surface area contributed by atoms with Crippen molar-refractivity contribution in [3.63, 3.8) is 0 Å². The molecule has 0 aliphatic heterocycles. The Balaban J connectivity index is 1.62. The van der Waals surface area contributed by atoms with E-state index in [1.54, 1.807) is 6.20 Å². The lowest BCUT2D eigenvalue weighted by Gasteiger charge is -2.07. The molecule has 0 unspecified atom stereocenters. The van der Waals surface area contributed by atoms with Gasteiger partial charge in [-0.25, -0.2) is 4.68 Å². The average Bonchev–Trinajstić information content (AvgIpc) is 3.19. The van der Waals surface area contributed by atoms with Crippen molar-refractivity contribution in [3.8, 4) is 11.5 Å². The number of nitrogens with one attached hydrogen (secondary N) is 1. The van der Waals surface area contributed by atoms with Gasteiger partial charge in [0.05, 0.1) is 30.1 Å². The van der Waals surface area contributed by atoms with Gasteiger partial charge in [-0.1, -0.05) is 19.1 Å². The first-order valence-electron chi connectivity index (χ1n) is 8.88. The van der Waals surface area contributed by atoms with Crippen LogP contribution in [0.5, 0.6) is 11.5 Å². The van der Waals surface area contributed by atoms with Crippen molar-refractivity contribution in [1.29, 1.82) is 0 Å². The molecule has 0 bridgehead atoms. The molecule has 0 fully saturated rings. The van der Waals surface area contributed by atoms with E-state index in [1.807, 2.05) is 24.3 Å². The van der Waals surface area contributed by atoms with Gasteiger partial charge in [0.2, 0.25) is 0 Å². The summed E-state index contributed by atoms with van der Waals surface area (Å²) in [7, 11) is 1.33. The number of nitrogens with zero attached hydrogens (tertiary/aromatic N) is 3. The number of aryl methyl sites for hydroxylation is 1. The lowest BCUT2D eigenvalue weighted by atomic mass is 10.1. The van der Waals surface area contributed by atoms with Crippen LogP contribution in [-0.2, 0) is 13.2 Å². The van der Waals surface area contributed by atoms with Crippen LogP contribution >= 0.6 is 0 Å². The first-order chi connectivity index (χ1) is 14.0. The second-order valence-electron chi connectivity index (χ2n) is 6.14. The van der Waals surface area contributed by atoms with Crippen LogP contribution in [0.1, 0.15) is 22.8 Å². The average molecular weight is 396 g/mol. The van der Waals surface area contributed by atoms with Gasteiger partial charge in [0.1, 0.15) is 5.75 Å². The number of aromatic nitrogens is 2. The summed E-state index contributed by atoms with van der Waals surface area (Å²) in [6.45, 7) is 2.26. The van der Waals surface area contributed by atoms with Gasteiger partial charge < -0.3 is 14.8 Å². The van der Waals surface area contributed by atoms with Gasteiger partial charge in [-0.05, 0) is 36.2 Å². The summed E-state index contributed by atoms with van der Waals surface area (Å²) in [4.78, 5) is 22.9. The van der Waals surface area contributed by atoms with E-state index in [9.17, 15) is 14.9 Å². The summed E-state index contributed by atoms with van der Waals surface area (Å²) in [5.41, 5.74) is 1.52. The Kier molecular flexibility index (Phi) is 6.08. The molecule has 2 aromatic carbocycles. The third-order valence-electron chi connectivity index (χ3n) is 4.22. The Morgan fingerprint density at radius 2 is 2.00 bits per heavy atom. The molecule has 0 aliphatic carbocycles. The van der Waals surface area contributed by atoms with Gasteiger partial charge in [0.15, 0.2) is 12.5 Å². The molecule has 9 nitrogen and oxygen atoms in total. The first kappa shape index (κ1) is 19.9. The largest absolute Gasteiger partial charge is 0.490 e. The second kappa shape index (κ2) is 8.87. The molecule has 3 aromatic rings. The zero-order valence-electron chi connectivity index (χ0n) is 16.0. The van der Waals surface area contributed by atoms with Crippen LogP contribution < -0.4 is 14.8 Å². The second-order valence-corrected chi connectivity index (χ2v) is 6.14. The van der Waals surface area contributed by atoms with Crippen LogP contribution in [0.4, 0.5) is 11.4 Å². The van der Waals surface area contributed by atoms with Crippen molar-refractivity contribution >= 4 is 17.3 Å². The van der Waals surface area contributed by atoms with Crippen molar-refractivity contribution in [2.75, 3.05) is 12.4 Å². The number of anilines is 1. The fourth-order valence-electron chi connectivity index (χ4n) is 2.64. The number of carbonyl (C=O) groups is 1. The predicted molar refractivity (Wildman–Crippen MR) is 106 cm³/mol. The molecule has 1 heterocycles. The number of nitro benzene ring substituents is 1. The highest BCUT2D eigenvalue weighted by atomic mass is 16.6. The molecule has 9 heteroatoms. The molecule has 0 saturated carbocycles. The summed E-state index contributed by atoms with van der Waals surface area (Å²) >= 11 is 0. The SMILES string of the molecule is CCc1ccc(OCn2cc(NC(=O)c3ccc(OC)c([N+](=O)[O-])c3)cn2)cc1. The molecule has 150 valence electrons. The van der Waals surface area contributed by atoms with Crippen molar-refractivity contribution in [1.82, 2.24) is 9.78 Å². The molecular weight excluding hydrogens is 376 g/mol. The Labute approximate surface area is 167 Å². The zero-order valence-corrected chi connectivity index (χ0v) is 16.0. The highest BCUT2D eigenvalue weighted by Crippen LogP contribution is 2.27. The molecule has 0 spiro atoms. The first-order valence-corrected chi connectivity index (χ1v) is 8.88. The molecule has 0 atom stereocenters. The third-order valence-corrected chi connectivity index (χ3v) is 4.22. The highest BCUT2D eigenvalue weighted by Gasteiger charge is 2.18. The molecule has 29 heavy (non-hydrogen) atoms. The van der Waals surface area contributed by atoms with Crippen molar-refractivity contribution in [2.45, 2.75) is 20.1 Å². The molecule has 1 amide bonds. The number of nitro groups is 1. The van der Waals surface area contributed by atoms with Crippen molar-refractivity contribution < 1.29 is 19.2 Å². The van der Waals surface area contributed by atoms with E-state index in [2.05, 4.69) is 17.3 Å². The lowest BCUT2D eigenvalue weighted by molar-refractivity contribution is -0.385. The van der Waals surface area contributed by atoms with Gasteiger partial charge in [0, 0.05) is 11.6 Å². The van der Waals surface area contributed by atoms with E-state index in [1.165, 1.54) is 41.8 Å². The number of hydrogen-bond acceptors (Lipinski definition) is 6. The van der Waals surface area contributed by atoms with Gasteiger partial charge in [-0.2, -0.15) is 5.10 Å². The minimum atomic E-state index is -0.599. The number of methoxy groups -OCH3 is 1. The number of carbonyl (C=O) groups excluding carboxylic acids is 1. The highest BCUT2D eigenvalue weighted by molar-refractivity contribution is 6.04. The monoisotopic (exact) mass is 396 g/mol. The topological polar surface area (TPSA) is 109 Å². The van der Waals surface area contributed by atoms with Gasteiger partial charge in [-0.15, -0.1) is 0 Å². The lowest BCUT2D eigenvalue weighted by Crippen LogP contribution is -2.12. The Hall–Kier alpha value is -3.88. The van der Waals surface area contributed by atoms with E-state index in [4.69, 9.17) is 9.47 Å². The normalized spacial score (nSPS) is 10.4. The minimum absolute atomic E-state index is 0.0866. The van der Waals surface area contributed by atoms with E-state index < -0.39 is 10.8 Å². The molecule has 0 aliphatic rings. The van der Waals surface area contributed by atoms with Crippen LogP contribution in [0, 0.1) is 10.1 Å². The predicted octanol–water partition coefficient (Wildman–Crippen LogP) is 3.65. The molecule has 3 rings (SSSR count). The number of ether oxygens (including phenoxy) is 2. The summed E-state index contributed by atoms with van der Waals surface area (Å²) in [6, 6.07) is 11.8. The Bertz CT molecular complexity index is 1010. The molecular formula is C20H20N4O5. The minimum Gasteiger partial charge on any atom is -0.490 e. The van der Waals surface area contributed by atoms with E-state index >= 15 is 0 Å². The summed E-state index contributed by atoms with van der Waals surface area (Å²) in [6.07, 6.45) is 4.04. The quantitative estimate of drug-likeness (QED) is 0.460. The van der Waals surface area contributed by atoms with Crippen LogP contribution in [0.15, 0.2) is 54.9 Å². The maximum absolute atomic E-state index is 12.4. The standard InChI is InChI=1S/C20H20N4O5/c1-3-14-4-7-17(8-5-14)29-13-23-12-16(11-21-23)22-20(25)15-6-9-19(28-2)18(10-15)24(26)27/h4-12H,3,13H2,1-2H3,(H,22,25). The maximum Gasteiger partial charge on any atom is 0.311 e. The molecule has 0 radical (unpaired) electrons. The van der Waals surface area contributed by atoms with Crippen LogP contribution in [-0.4, -0.2) is 27.7 Å². The van der Waals surface area contributed by atoms with Crippen LogP contribution in [0.2, 0.25) is 0 Å². The number of hydrogen-bond donors (Lipinski definition) is 1. The van der Waals surface area contributed by atoms with Crippen molar-refractivity contribution in [2.24, 2.45) is 0 Å². The Morgan fingerprint density at radius 3 is 2.66 bits per heavy atom. The fraction of sp³-hybridized carbons (Fsp3) is 0.200. The van der Waals surface area contributed by atoms with Crippen LogP contribution in [0.3, 0.4) is 0 Å². The fourth-order valence-corrected chi connectivity index (χ4v) is 2.64. The van der Waals surface area contributed by atoms with Crippen molar-refractivity contribution in [3.05, 3.63) is 76.1 Å². The molecule has 1 N–H and O–H groups in total. The van der Waals surface area contributed by atoms with E-state index in [0.717, 1.165) is 6.42 Å². The van der Waals surface area contributed by atoms with Gasteiger partial charge in [0.25, 0.3) is 5.91 Å². The number of rotatable bonds is 8. The van der Waals surface area contributed by atoms with Gasteiger partial charge >= 0.3 is 5.69 Å². The third kappa shape index (κ3) is 4.89. The smallest absolute Gasteiger partial charge is 0.311 e. The number of amides is 1. The van der Waals surface area contributed by atoms with E-state index in [-0.39, 0.29) is 23.7 Å². The number of benzene rings is 2. The Morgan fingerprint density at radius 1 is 1.24 bits per heavy atom. The maximum atomic E-state index is 12.4.